The Morgan fingerprint density at radius 3 is 2.95 bits per heavy atom. The van der Waals surface area contributed by atoms with E-state index in [1.54, 1.807) is 11.3 Å². The van der Waals surface area contributed by atoms with Crippen LogP contribution in [-0.2, 0) is 17.8 Å². The van der Waals surface area contributed by atoms with Crippen molar-refractivity contribution in [1.82, 2.24) is 0 Å². The number of thiophene rings is 1. The number of rotatable bonds is 3. The summed E-state index contributed by atoms with van der Waals surface area (Å²) in [5, 5.41) is 11.4. The number of hydrogen-bond donors (Lipinski definition) is 1. The lowest BCUT2D eigenvalue weighted by molar-refractivity contribution is -0.141. The molecule has 1 atom stereocenters. The zero-order valence-corrected chi connectivity index (χ0v) is 13.2. The van der Waals surface area contributed by atoms with Gasteiger partial charge in [0, 0.05) is 18.8 Å². The van der Waals surface area contributed by atoms with Crippen LogP contribution in [0.4, 0.5) is 5.69 Å². The smallest absolute Gasteiger partial charge is 0.308 e. The average molecular weight is 352 g/mol. The molecule has 1 aliphatic rings. The molecule has 2 aromatic rings. The van der Waals surface area contributed by atoms with E-state index < -0.39 is 5.97 Å². The molecule has 0 aliphatic carbocycles. The second kappa shape index (κ2) is 5.58. The fourth-order valence-electron chi connectivity index (χ4n) is 2.65. The van der Waals surface area contributed by atoms with E-state index in [2.05, 4.69) is 38.3 Å². The standard InChI is InChI=1S/C15H14BrNO2S/c16-14-5-10(9-20-14)7-17-8-12(15(18)19)6-11-3-1-2-4-13(11)17/h1-5,9,12H,6-8H2,(H,18,19). The van der Waals surface area contributed by atoms with Gasteiger partial charge >= 0.3 is 5.97 Å². The summed E-state index contributed by atoms with van der Waals surface area (Å²) in [4.78, 5) is 13.5. The number of carboxylic acids is 1. The number of aliphatic carboxylic acids is 1. The van der Waals surface area contributed by atoms with E-state index in [0.29, 0.717) is 13.0 Å². The van der Waals surface area contributed by atoms with Crippen molar-refractivity contribution in [1.29, 1.82) is 0 Å². The maximum atomic E-state index is 11.3. The summed E-state index contributed by atoms with van der Waals surface area (Å²) in [6.45, 7) is 1.32. The van der Waals surface area contributed by atoms with Crippen molar-refractivity contribution in [2.75, 3.05) is 11.4 Å². The number of anilines is 1. The lowest BCUT2D eigenvalue weighted by Gasteiger charge is -2.34. The van der Waals surface area contributed by atoms with Crippen LogP contribution in [0.3, 0.4) is 0 Å². The number of halogens is 1. The molecule has 1 N–H and O–H groups in total. The number of hydrogen-bond acceptors (Lipinski definition) is 3. The molecule has 20 heavy (non-hydrogen) atoms. The minimum Gasteiger partial charge on any atom is -0.481 e. The molecule has 1 aliphatic heterocycles. The summed E-state index contributed by atoms with van der Waals surface area (Å²) < 4.78 is 1.10. The minimum atomic E-state index is -0.712. The number of para-hydroxylation sites is 1. The van der Waals surface area contributed by atoms with Crippen LogP contribution in [0.1, 0.15) is 11.1 Å². The molecule has 0 spiro atoms. The van der Waals surface area contributed by atoms with E-state index in [4.69, 9.17) is 0 Å². The molecule has 1 aromatic carbocycles. The summed E-state index contributed by atoms with van der Waals surface area (Å²) in [7, 11) is 0. The molecule has 1 unspecified atom stereocenters. The Labute approximate surface area is 130 Å². The Morgan fingerprint density at radius 2 is 2.25 bits per heavy atom. The molecule has 0 saturated carbocycles. The van der Waals surface area contributed by atoms with Crippen LogP contribution in [0.25, 0.3) is 0 Å². The van der Waals surface area contributed by atoms with Crippen LogP contribution >= 0.6 is 27.3 Å². The summed E-state index contributed by atoms with van der Waals surface area (Å²) in [5.74, 6) is -1.04. The Kier molecular flexibility index (Phi) is 3.81. The summed E-state index contributed by atoms with van der Waals surface area (Å²) in [5.41, 5.74) is 3.50. The van der Waals surface area contributed by atoms with E-state index >= 15 is 0 Å². The van der Waals surface area contributed by atoms with Gasteiger partial charge in [0.25, 0.3) is 0 Å². The molecule has 0 bridgehead atoms. The summed E-state index contributed by atoms with van der Waals surface area (Å²) in [6.07, 6.45) is 0.620. The highest BCUT2D eigenvalue weighted by atomic mass is 79.9. The maximum Gasteiger partial charge on any atom is 0.308 e. The van der Waals surface area contributed by atoms with E-state index in [9.17, 15) is 9.90 Å². The molecule has 3 nitrogen and oxygen atoms in total. The zero-order valence-electron chi connectivity index (χ0n) is 10.8. The number of nitrogens with zero attached hydrogens (tertiary/aromatic N) is 1. The molecular weight excluding hydrogens is 338 g/mol. The molecule has 5 heteroatoms. The van der Waals surface area contributed by atoms with E-state index in [1.165, 1.54) is 5.56 Å². The first-order valence-corrected chi connectivity index (χ1v) is 8.09. The van der Waals surface area contributed by atoms with Gasteiger partial charge in [-0.3, -0.25) is 4.79 Å². The van der Waals surface area contributed by atoms with E-state index in [-0.39, 0.29) is 5.92 Å². The molecule has 0 amide bonds. The second-order valence-electron chi connectivity index (χ2n) is 5.01. The predicted molar refractivity (Wildman–Crippen MR) is 84.3 cm³/mol. The molecule has 104 valence electrons. The number of carbonyl (C=O) groups is 1. The predicted octanol–water partition coefficient (Wildman–Crippen LogP) is 3.77. The van der Waals surface area contributed by atoms with Gasteiger partial charge in [0.15, 0.2) is 0 Å². The third kappa shape index (κ3) is 2.74. The average Bonchev–Trinajstić information content (AvgIpc) is 2.84. The first-order valence-electron chi connectivity index (χ1n) is 6.42. The van der Waals surface area contributed by atoms with Gasteiger partial charge in [0.1, 0.15) is 0 Å². The molecule has 0 radical (unpaired) electrons. The molecular formula is C15H14BrNO2S. The van der Waals surface area contributed by atoms with Gasteiger partial charge in [-0.2, -0.15) is 0 Å². The van der Waals surface area contributed by atoms with Crippen molar-refractivity contribution < 1.29 is 9.90 Å². The van der Waals surface area contributed by atoms with Gasteiger partial charge in [-0.05, 0) is 51.0 Å². The van der Waals surface area contributed by atoms with Crippen molar-refractivity contribution in [3.05, 3.63) is 50.6 Å². The van der Waals surface area contributed by atoms with Crippen LogP contribution < -0.4 is 4.90 Å². The van der Waals surface area contributed by atoms with Crippen molar-refractivity contribution in [2.45, 2.75) is 13.0 Å². The van der Waals surface area contributed by atoms with Crippen molar-refractivity contribution >= 4 is 38.9 Å². The summed E-state index contributed by atoms with van der Waals surface area (Å²) in [6, 6.07) is 10.2. The third-order valence-corrected chi connectivity index (χ3v) is 5.14. The number of benzene rings is 1. The van der Waals surface area contributed by atoms with Crippen LogP contribution in [0, 0.1) is 5.92 Å². The highest BCUT2D eigenvalue weighted by Gasteiger charge is 2.28. The van der Waals surface area contributed by atoms with Crippen LogP contribution in [0.15, 0.2) is 39.5 Å². The minimum absolute atomic E-state index is 0.327. The highest BCUT2D eigenvalue weighted by Crippen LogP contribution is 2.32. The first-order chi connectivity index (χ1) is 9.63. The van der Waals surface area contributed by atoms with Gasteiger partial charge in [0.2, 0.25) is 0 Å². The Balaban J connectivity index is 1.90. The van der Waals surface area contributed by atoms with E-state index in [1.807, 2.05) is 18.2 Å². The molecule has 0 fully saturated rings. The Hall–Kier alpha value is -1.33. The zero-order chi connectivity index (χ0) is 14.1. The highest BCUT2D eigenvalue weighted by molar-refractivity contribution is 9.11. The van der Waals surface area contributed by atoms with Crippen molar-refractivity contribution in [3.63, 3.8) is 0 Å². The van der Waals surface area contributed by atoms with Crippen molar-refractivity contribution in [3.8, 4) is 0 Å². The van der Waals surface area contributed by atoms with Gasteiger partial charge in [-0.15, -0.1) is 11.3 Å². The Bertz CT molecular complexity index is 640. The maximum absolute atomic E-state index is 11.3. The number of carboxylic acid groups (broad SMARTS) is 1. The normalized spacial score (nSPS) is 17.9. The van der Waals surface area contributed by atoms with Gasteiger partial charge < -0.3 is 10.0 Å². The van der Waals surface area contributed by atoms with Crippen LogP contribution in [0.5, 0.6) is 0 Å². The lowest BCUT2D eigenvalue weighted by atomic mass is 9.92. The molecule has 3 rings (SSSR count). The largest absolute Gasteiger partial charge is 0.481 e. The topological polar surface area (TPSA) is 40.5 Å². The van der Waals surface area contributed by atoms with Crippen molar-refractivity contribution in [2.24, 2.45) is 5.92 Å². The van der Waals surface area contributed by atoms with Gasteiger partial charge in [-0.1, -0.05) is 18.2 Å². The quantitative estimate of drug-likeness (QED) is 0.914. The monoisotopic (exact) mass is 351 g/mol. The van der Waals surface area contributed by atoms with Gasteiger partial charge in [0.05, 0.1) is 9.70 Å². The third-order valence-electron chi connectivity index (χ3n) is 3.58. The fourth-order valence-corrected chi connectivity index (χ4v) is 3.85. The van der Waals surface area contributed by atoms with E-state index in [0.717, 1.165) is 21.6 Å². The molecule has 0 saturated heterocycles. The fraction of sp³-hybridized carbons (Fsp3) is 0.267. The lowest BCUT2D eigenvalue weighted by Crippen LogP contribution is -2.38. The second-order valence-corrected chi connectivity index (χ2v) is 7.30. The number of fused-ring (bicyclic) bond motifs is 1. The Morgan fingerprint density at radius 1 is 1.45 bits per heavy atom. The summed E-state index contributed by atoms with van der Waals surface area (Å²) >= 11 is 5.12. The van der Waals surface area contributed by atoms with Gasteiger partial charge in [-0.25, -0.2) is 0 Å². The van der Waals surface area contributed by atoms with Crippen LogP contribution in [-0.4, -0.2) is 17.6 Å². The molecule has 2 heterocycles. The SMILES string of the molecule is O=C(O)C1Cc2ccccc2N(Cc2csc(Br)c2)C1. The van der Waals surface area contributed by atoms with Crippen LogP contribution in [0.2, 0.25) is 0 Å². The first kappa shape index (κ1) is 13.6. The molecule has 1 aromatic heterocycles.